The number of H-pyrrole nitrogens is 2. The molecule has 0 fully saturated rings. The van der Waals surface area contributed by atoms with E-state index in [1.807, 2.05) is 0 Å². The third-order valence-corrected chi connectivity index (χ3v) is 20.5. The molecule has 43 heteroatoms. The summed E-state index contributed by atoms with van der Waals surface area (Å²) in [6, 6.07) is 7.63. The minimum absolute atomic E-state index is 0.162. The summed E-state index contributed by atoms with van der Waals surface area (Å²) in [6.45, 7) is 4.78. The summed E-state index contributed by atoms with van der Waals surface area (Å²) in [5.74, 6) is -20.1. The molecule has 13 atom stereocenters. The van der Waals surface area contributed by atoms with Gasteiger partial charge in [-0.2, -0.15) is 25.3 Å². The normalized spacial score (nSPS) is 14.2. The van der Waals surface area contributed by atoms with Crippen molar-refractivity contribution in [1.82, 2.24) is 84.4 Å². The number of carboxylic acid groups (broad SMARTS) is 1. The highest BCUT2D eigenvalue weighted by atomic mass is 32.1. The lowest BCUT2D eigenvalue weighted by atomic mass is 9.99. The van der Waals surface area contributed by atoms with Crippen LogP contribution in [-0.2, 0) is 112 Å². The van der Waals surface area contributed by atoms with Crippen molar-refractivity contribution in [2.24, 2.45) is 28.9 Å². The van der Waals surface area contributed by atoms with Crippen LogP contribution in [0.15, 0.2) is 116 Å². The number of carboxylic acids is 1. The third-order valence-electron chi connectivity index (χ3n) is 19.7. The van der Waals surface area contributed by atoms with Crippen molar-refractivity contribution in [1.29, 1.82) is 0 Å². The van der Waals surface area contributed by atoms with Crippen LogP contribution in [0.2, 0.25) is 0 Å². The van der Waals surface area contributed by atoms with Crippen LogP contribution in [0.25, 0.3) is 21.8 Å². The number of para-hydroxylation sites is 2. The Hall–Kier alpha value is -13.2. The molecule has 0 saturated heterocycles. The molecule has 0 aliphatic carbocycles. The number of aliphatic carboxylic acids is 1. The van der Waals surface area contributed by atoms with Crippen LogP contribution in [0.1, 0.15) is 108 Å². The number of primary amides is 3. The topological polar surface area (TPSA) is 672 Å². The zero-order valence-electron chi connectivity index (χ0n) is 69.2. The highest BCUT2D eigenvalue weighted by molar-refractivity contribution is 7.80. The highest BCUT2D eigenvalue weighted by Crippen LogP contribution is 2.23. The summed E-state index contributed by atoms with van der Waals surface area (Å²) in [7, 11) is 0. The summed E-state index contributed by atoms with van der Waals surface area (Å²) < 4.78 is 0. The van der Waals surface area contributed by atoms with Gasteiger partial charge in [0.2, 0.25) is 100 Å². The van der Waals surface area contributed by atoms with Gasteiger partial charge in [-0.1, -0.05) is 92.7 Å². The van der Waals surface area contributed by atoms with Gasteiger partial charge in [0.15, 0.2) is 0 Å². The lowest BCUT2D eigenvalue weighted by molar-refractivity contribution is -0.142. The number of thiol groups is 2. The van der Waals surface area contributed by atoms with Crippen molar-refractivity contribution in [2.75, 3.05) is 31.1 Å². The van der Waals surface area contributed by atoms with E-state index < -0.39 is 248 Å². The first-order valence-corrected chi connectivity index (χ1v) is 41.4. The average molecular weight is 1780 g/mol. The van der Waals surface area contributed by atoms with Gasteiger partial charge in [-0.05, 0) is 98.0 Å². The molecular formula is C82H110N20O21S2. The Morgan fingerprint density at radius 1 is 0.408 bits per heavy atom. The number of carbonyl (C=O) groups is 18. The van der Waals surface area contributed by atoms with Crippen molar-refractivity contribution in [3.63, 3.8) is 0 Å². The number of phenols is 1. The van der Waals surface area contributed by atoms with Gasteiger partial charge in [0, 0.05) is 104 Å². The Labute approximate surface area is 729 Å². The van der Waals surface area contributed by atoms with E-state index in [9.17, 15) is 92.0 Å². The molecular weight excluding hydrogens is 1670 g/mol. The molecule has 0 aliphatic rings. The molecule has 4 aromatic carbocycles. The lowest BCUT2D eigenvalue weighted by Gasteiger charge is -2.29. The predicted octanol–water partition coefficient (Wildman–Crippen LogP) is -4.40. The maximum atomic E-state index is 15.2. The van der Waals surface area contributed by atoms with Gasteiger partial charge in [0.05, 0.1) is 19.1 Å². The summed E-state index contributed by atoms with van der Waals surface area (Å²) in [4.78, 5) is 252. The van der Waals surface area contributed by atoms with Gasteiger partial charge in [0.1, 0.15) is 78.3 Å². The van der Waals surface area contributed by atoms with E-state index in [4.69, 9.17) is 22.9 Å². The molecule has 2 aromatic heterocycles. The second-order valence-electron chi connectivity index (χ2n) is 30.0. The van der Waals surface area contributed by atoms with Crippen LogP contribution < -0.4 is 97.4 Å². The van der Waals surface area contributed by atoms with E-state index >= 15 is 9.59 Å². The number of hydrogen-bond acceptors (Lipinski definition) is 23. The smallest absolute Gasteiger partial charge is 0.305 e. The number of unbranched alkanes of at least 4 members (excludes halogenated alkanes) is 1. The van der Waals surface area contributed by atoms with Gasteiger partial charge < -0.3 is 123 Å². The monoisotopic (exact) mass is 1770 g/mol. The van der Waals surface area contributed by atoms with Crippen LogP contribution in [0.3, 0.4) is 0 Å². The van der Waals surface area contributed by atoms with Gasteiger partial charge in [-0.15, -0.1) is 0 Å². The number of nitrogens with two attached hydrogens (primary N) is 4. The average Bonchev–Trinajstić information content (AvgIpc) is 1.31. The van der Waals surface area contributed by atoms with Crippen LogP contribution in [-0.4, -0.2) is 241 Å². The van der Waals surface area contributed by atoms with E-state index in [-0.39, 0.29) is 49.3 Å². The summed E-state index contributed by atoms with van der Waals surface area (Å²) >= 11 is 8.45. The Bertz CT molecular complexity index is 4800. The number of phenolic OH excluding ortho intramolecular Hbond substituents is 1. The Morgan fingerprint density at radius 2 is 0.816 bits per heavy atom. The molecule has 27 N–H and O–H groups in total. The molecule has 0 bridgehead atoms. The number of aromatic amines is 2. The third kappa shape index (κ3) is 33.2. The van der Waals surface area contributed by atoms with Crippen molar-refractivity contribution in [2.45, 2.75) is 190 Å². The van der Waals surface area contributed by atoms with E-state index in [1.165, 1.54) is 50.5 Å². The summed E-state index contributed by atoms with van der Waals surface area (Å²) in [6.07, 6.45) is -2.17. The molecule has 0 unspecified atom stereocenters. The second kappa shape index (κ2) is 50.4. The molecule has 6 rings (SSSR count). The van der Waals surface area contributed by atoms with E-state index in [2.05, 4.69) is 110 Å². The number of aliphatic hydroxyl groups excluding tert-OH is 1. The maximum absolute atomic E-state index is 15.2. The second-order valence-corrected chi connectivity index (χ2v) is 30.7. The van der Waals surface area contributed by atoms with Crippen LogP contribution in [0, 0.1) is 5.92 Å². The highest BCUT2D eigenvalue weighted by Gasteiger charge is 2.39. The quantitative estimate of drug-likeness (QED) is 0.0127. The first-order valence-electron chi connectivity index (χ1n) is 40.1. The number of fused-ring (bicyclic) bond motifs is 2. The minimum Gasteiger partial charge on any atom is -0.508 e. The number of aliphatic hydroxyl groups is 1. The first-order chi connectivity index (χ1) is 59.4. The lowest BCUT2D eigenvalue weighted by Crippen LogP contribution is -2.62. The fourth-order valence-corrected chi connectivity index (χ4v) is 13.6. The van der Waals surface area contributed by atoms with Crippen LogP contribution in [0.4, 0.5) is 0 Å². The molecule has 676 valence electrons. The largest absolute Gasteiger partial charge is 0.508 e. The van der Waals surface area contributed by atoms with Crippen molar-refractivity contribution >= 4 is 153 Å². The zero-order valence-corrected chi connectivity index (χ0v) is 71.0. The summed E-state index contributed by atoms with van der Waals surface area (Å²) in [5, 5.41) is 67.5. The van der Waals surface area contributed by atoms with Gasteiger partial charge in [-0.3, -0.25) is 86.3 Å². The maximum Gasteiger partial charge on any atom is 0.305 e. The Balaban J connectivity index is 1.25. The molecule has 41 nitrogen and oxygen atoms in total. The van der Waals surface area contributed by atoms with E-state index in [0.29, 0.717) is 57.9 Å². The van der Waals surface area contributed by atoms with Gasteiger partial charge in [0.25, 0.3) is 0 Å². The molecule has 125 heavy (non-hydrogen) atoms. The number of carbonyl (C=O) groups excluding carboxylic acids is 17. The van der Waals surface area contributed by atoms with E-state index in [0.717, 1.165) is 13.8 Å². The molecule has 0 radical (unpaired) electrons. The SMILES string of the molecule is CC(=O)N[C@@H](CS)C(=O)N[C@@H](CCC(N)=O)C(=O)N[C@H](C(=O)N[C@@H](Cc1c[nH]c2ccccc12)C(=O)N[C@@H](CCC(N)=O)C(=O)N[C@@H](CS)C(=O)N[C@@H](Cc1ccc(O)cc1)C(=O)N[C@@H](Cc1c[nH]c2ccccc12)C(=O)N[C@H](CC(=O)O)C(=O)N[C@H](C(=O)N[C@@H](Cc1ccccc1)C(=O)NCC(=O)NCCC(=O)N[C@H](CCCCN)C(N)=O)C(C)C)[C@@H](C)O. The number of amides is 17. The van der Waals surface area contributed by atoms with Gasteiger partial charge in [-0.25, -0.2) is 0 Å². The number of nitrogens with one attached hydrogen (secondary N) is 16. The number of rotatable bonds is 53. The van der Waals surface area contributed by atoms with E-state index in [1.54, 1.807) is 78.9 Å². The van der Waals surface area contributed by atoms with Crippen molar-refractivity contribution < 1.29 is 102 Å². The number of aromatic nitrogens is 2. The molecule has 2 heterocycles. The fraction of sp³-hybridized carbons (Fsp3) is 0.439. The zero-order chi connectivity index (χ0) is 92.1. The van der Waals surface area contributed by atoms with Gasteiger partial charge >= 0.3 is 5.97 Å². The number of hydrogen-bond donors (Lipinski definition) is 25. The number of aromatic hydroxyl groups is 1. The van der Waals surface area contributed by atoms with Crippen LogP contribution in [0.5, 0.6) is 5.75 Å². The van der Waals surface area contributed by atoms with Crippen molar-refractivity contribution in [3.8, 4) is 5.75 Å². The van der Waals surface area contributed by atoms with Crippen LogP contribution >= 0.6 is 25.3 Å². The fourth-order valence-electron chi connectivity index (χ4n) is 13.0. The Kier molecular flexibility index (Phi) is 40.6. The molecule has 0 spiro atoms. The van der Waals surface area contributed by atoms with Crippen molar-refractivity contribution in [3.05, 3.63) is 138 Å². The minimum atomic E-state index is -2.02. The standard InChI is InChI=1S/C82H110N20O21S2/c1-42(2)69(81(122)98-57(32-45-14-6-5-7-15-45)72(113)90-39-67(109)87-31-29-66(108)92-54(71(86)112)20-12-13-30-83)101-78(119)61(36-68(110)111)97-77(118)59(34-47-37-88-52-18-10-8-16-50(47)52)96-75(116)58(33-46-21-23-49(105)24-22-46)95-80(121)63(41-125)100-73(114)55(25-27-64(84)106)93-76(117)60(35-48-38-89-53-19-11-9-17-51(48)53)99-82(123)70(43(3)103)102-74(115)56(26-28-65(85)107)94-79(120)62(40-124)91-44(4)104/h5-11,14-19,21-24,37-38,42-43,54-63,69-70,88-89,103,105,124-125H,12-13,20,25-36,39-41,83H2,1-4H3,(H2,84,106)(H2,85,107)(H2,86,112)(H,87,109)(H,90,113)(H,91,104)(H,92,108)(H,93,117)(H,94,120)(H,95,121)(H,96,116)(H,97,118)(H,98,122)(H,99,123)(H,100,114)(H,101,119)(H,102,115)(H,110,111)/t43-,54-,55+,56+,57+,58+,59+,60+,61-,62+,63+,69+,70+/m1/s1. The first kappa shape index (κ1) is 101. The molecule has 0 aliphatic heterocycles. The molecule has 0 saturated carbocycles. The number of benzene rings is 4. The Morgan fingerprint density at radius 3 is 1.29 bits per heavy atom. The summed E-state index contributed by atoms with van der Waals surface area (Å²) in [5.41, 5.74) is 24.7. The molecule has 6 aromatic rings. The predicted molar refractivity (Wildman–Crippen MR) is 461 cm³/mol. The molecule has 17 amide bonds.